The van der Waals surface area contributed by atoms with E-state index in [0.29, 0.717) is 35.9 Å². The van der Waals surface area contributed by atoms with Gasteiger partial charge in [0.1, 0.15) is 17.2 Å². The van der Waals surface area contributed by atoms with Gasteiger partial charge in [-0.15, -0.1) is 0 Å². The lowest BCUT2D eigenvalue weighted by molar-refractivity contribution is 0.102. The average molecular weight is 456 g/mol. The molecule has 8 nitrogen and oxygen atoms in total. The largest absolute Gasteiger partial charge is 0.495 e. The maximum Gasteiger partial charge on any atom is 0.255 e. The minimum absolute atomic E-state index is 0.0810. The Balaban J connectivity index is 1.80. The Kier molecular flexibility index (Phi) is 7.45. The predicted octanol–water partition coefficient (Wildman–Crippen LogP) is 4.17. The van der Waals surface area contributed by atoms with Crippen molar-refractivity contribution >= 4 is 21.6 Å². The van der Waals surface area contributed by atoms with Gasteiger partial charge in [0.2, 0.25) is 10.0 Å². The highest BCUT2D eigenvalue weighted by Crippen LogP contribution is 2.29. The first-order chi connectivity index (χ1) is 15.4. The first-order valence-electron chi connectivity index (χ1n) is 10.1. The predicted molar refractivity (Wildman–Crippen MR) is 122 cm³/mol. The molecule has 168 valence electrons. The van der Waals surface area contributed by atoms with Crippen molar-refractivity contribution in [2.24, 2.45) is 0 Å². The molecule has 0 aliphatic heterocycles. The van der Waals surface area contributed by atoms with Gasteiger partial charge in [-0.05, 0) is 54.6 Å². The zero-order chi connectivity index (χ0) is 23.1. The number of nitrogens with zero attached hydrogens (tertiary/aromatic N) is 2. The van der Waals surface area contributed by atoms with Crippen molar-refractivity contribution in [1.82, 2.24) is 9.29 Å². The first-order valence-corrected chi connectivity index (χ1v) is 11.5. The van der Waals surface area contributed by atoms with E-state index in [2.05, 4.69) is 10.3 Å². The van der Waals surface area contributed by atoms with Crippen LogP contribution in [0.2, 0.25) is 0 Å². The van der Waals surface area contributed by atoms with E-state index in [0.717, 1.165) is 0 Å². The zero-order valence-electron chi connectivity index (χ0n) is 18.1. The number of anilines is 1. The Morgan fingerprint density at radius 1 is 1.03 bits per heavy atom. The molecule has 9 heteroatoms. The lowest BCUT2D eigenvalue weighted by Crippen LogP contribution is -2.30. The van der Waals surface area contributed by atoms with Gasteiger partial charge in [0.05, 0.1) is 23.9 Å². The summed E-state index contributed by atoms with van der Waals surface area (Å²) >= 11 is 0. The van der Waals surface area contributed by atoms with Crippen molar-refractivity contribution in [3.05, 3.63) is 72.6 Å². The van der Waals surface area contributed by atoms with E-state index >= 15 is 0 Å². The van der Waals surface area contributed by atoms with Crippen LogP contribution in [0.5, 0.6) is 17.2 Å². The van der Waals surface area contributed by atoms with Gasteiger partial charge in [-0.1, -0.05) is 13.8 Å². The minimum atomic E-state index is -3.68. The highest BCUT2D eigenvalue weighted by atomic mass is 32.2. The van der Waals surface area contributed by atoms with Gasteiger partial charge in [-0.2, -0.15) is 4.31 Å². The van der Waals surface area contributed by atoms with E-state index in [-0.39, 0.29) is 10.6 Å². The quantitative estimate of drug-likeness (QED) is 0.520. The molecule has 1 amide bonds. The van der Waals surface area contributed by atoms with Crippen LogP contribution in [-0.4, -0.2) is 43.8 Å². The maximum absolute atomic E-state index is 12.8. The molecule has 0 unspecified atom stereocenters. The third kappa shape index (κ3) is 5.24. The fraction of sp³-hybridized carbons (Fsp3) is 0.217. The number of hydrogen-bond donors (Lipinski definition) is 1. The minimum Gasteiger partial charge on any atom is -0.495 e. The molecule has 1 N–H and O–H groups in total. The fourth-order valence-electron chi connectivity index (χ4n) is 3.07. The number of aromatic nitrogens is 1. The molecule has 0 fully saturated rings. The summed E-state index contributed by atoms with van der Waals surface area (Å²) in [6.45, 7) is 4.24. The van der Waals surface area contributed by atoms with Crippen molar-refractivity contribution in [1.29, 1.82) is 0 Å². The highest BCUT2D eigenvalue weighted by molar-refractivity contribution is 7.89. The van der Waals surface area contributed by atoms with Gasteiger partial charge in [0.15, 0.2) is 0 Å². The Morgan fingerprint density at radius 3 is 2.34 bits per heavy atom. The SMILES string of the molecule is CCN(CC)S(=O)(=O)c1ccc(OC)c(NC(=O)c2ccc(Oc3cccnc3)cc2)c1. The standard InChI is InChI=1S/C23H25N3O5S/c1-4-26(5-2)32(28,29)20-12-13-22(30-3)21(15-20)25-23(27)17-8-10-18(11-9-17)31-19-7-6-14-24-16-19/h6-16H,4-5H2,1-3H3,(H,25,27). The molecule has 1 heterocycles. The average Bonchev–Trinajstić information content (AvgIpc) is 2.80. The number of benzene rings is 2. The molecule has 0 spiro atoms. The van der Waals surface area contributed by atoms with Crippen molar-refractivity contribution in [2.75, 3.05) is 25.5 Å². The number of carbonyl (C=O) groups is 1. The van der Waals surface area contributed by atoms with Crippen LogP contribution in [0.3, 0.4) is 0 Å². The van der Waals surface area contributed by atoms with Crippen molar-refractivity contribution in [3.8, 4) is 17.2 Å². The second-order valence-electron chi connectivity index (χ2n) is 6.72. The van der Waals surface area contributed by atoms with Crippen LogP contribution >= 0.6 is 0 Å². The van der Waals surface area contributed by atoms with Gasteiger partial charge in [-0.3, -0.25) is 9.78 Å². The van der Waals surface area contributed by atoms with Crippen LogP contribution in [0, 0.1) is 0 Å². The number of methoxy groups -OCH3 is 1. The van der Waals surface area contributed by atoms with E-state index in [4.69, 9.17) is 9.47 Å². The monoisotopic (exact) mass is 455 g/mol. The number of pyridine rings is 1. The summed E-state index contributed by atoms with van der Waals surface area (Å²) < 4.78 is 38.0. The molecule has 0 saturated carbocycles. The summed E-state index contributed by atoms with van der Waals surface area (Å²) in [6.07, 6.45) is 3.24. The Labute approximate surface area is 187 Å². The lowest BCUT2D eigenvalue weighted by atomic mass is 10.2. The number of amides is 1. The number of hydrogen-bond acceptors (Lipinski definition) is 6. The molecule has 2 aromatic carbocycles. The summed E-state index contributed by atoms with van der Waals surface area (Å²) in [6, 6.07) is 14.5. The van der Waals surface area contributed by atoms with E-state index in [9.17, 15) is 13.2 Å². The molecule has 32 heavy (non-hydrogen) atoms. The molecule has 3 aromatic rings. The van der Waals surface area contributed by atoms with E-state index in [1.165, 1.54) is 29.6 Å². The number of ether oxygens (including phenoxy) is 2. The summed E-state index contributed by atoms with van der Waals surface area (Å²) in [4.78, 5) is 16.9. The van der Waals surface area contributed by atoms with Crippen molar-refractivity contribution < 1.29 is 22.7 Å². The van der Waals surface area contributed by atoms with Gasteiger partial charge >= 0.3 is 0 Å². The van der Waals surface area contributed by atoms with Gasteiger partial charge in [0, 0.05) is 24.8 Å². The van der Waals surface area contributed by atoms with Crippen molar-refractivity contribution in [3.63, 3.8) is 0 Å². The van der Waals surface area contributed by atoms with Crippen LogP contribution in [0.1, 0.15) is 24.2 Å². The van der Waals surface area contributed by atoms with Crippen LogP contribution in [0.15, 0.2) is 71.9 Å². The molecular weight excluding hydrogens is 430 g/mol. The lowest BCUT2D eigenvalue weighted by Gasteiger charge is -2.19. The molecular formula is C23H25N3O5S. The normalized spacial score (nSPS) is 11.2. The molecule has 0 atom stereocenters. The topological polar surface area (TPSA) is 97.8 Å². The number of rotatable bonds is 9. The third-order valence-corrected chi connectivity index (χ3v) is 6.79. The summed E-state index contributed by atoms with van der Waals surface area (Å²) in [5.74, 6) is 1.09. The second-order valence-corrected chi connectivity index (χ2v) is 8.66. The van der Waals surface area contributed by atoms with E-state index < -0.39 is 15.9 Å². The van der Waals surface area contributed by atoms with E-state index in [1.807, 2.05) is 0 Å². The van der Waals surface area contributed by atoms with Crippen LogP contribution in [0.4, 0.5) is 5.69 Å². The molecule has 0 aliphatic rings. The van der Waals surface area contributed by atoms with Gasteiger partial charge in [-0.25, -0.2) is 8.42 Å². The third-order valence-electron chi connectivity index (χ3n) is 4.75. The van der Waals surface area contributed by atoms with Crippen LogP contribution in [0.25, 0.3) is 0 Å². The summed E-state index contributed by atoms with van der Waals surface area (Å²) in [5.41, 5.74) is 0.643. The molecule has 0 aliphatic carbocycles. The smallest absolute Gasteiger partial charge is 0.255 e. The molecule has 1 aromatic heterocycles. The Bertz CT molecular complexity index is 1160. The summed E-state index contributed by atoms with van der Waals surface area (Å²) in [5, 5.41) is 2.74. The maximum atomic E-state index is 12.8. The highest BCUT2D eigenvalue weighted by Gasteiger charge is 2.23. The number of carbonyl (C=O) groups excluding carboxylic acids is 1. The first kappa shape index (κ1) is 23.2. The molecule has 0 saturated heterocycles. The molecule has 3 rings (SSSR count). The second kappa shape index (κ2) is 10.3. The fourth-order valence-corrected chi connectivity index (χ4v) is 4.55. The van der Waals surface area contributed by atoms with Gasteiger partial charge < -0.3 is 14.8 Å². The Hall–Kier alpha value is -3.43. The molecule has 0 bridgehead atoms. The number of sulfonamides is 1. The van der Waals surface area contributed by atoms with Crippen molar-refractivity contribution in [2.45, 2.75) is 18.7 Å². The summed E-state index contributed by atoms with van der Waals surface area (Å²) in [7, 11) is -2.23. The Morgan fingerprint density at radius 2 is 1.75 bits per heavy atom. The number of nitrogens with one attached hydrogen (secondary N) is 1. The van der Waals surface area contributed by atoms with Crippen LogP contribution in [-0.2, 0) is 10.0 Å². The van der Waals surface area contributed by atoms with Crippen LogP contribution < -0.4 is 14.8 Å². The molecule has 0 radical (unpaired) electrons. The van der Waals surface area contributed by atoms with Gasteiger partial charge in [0.25, 0.3) is 5.91 Å². The van der Waals surface area contributed by atoms with E-state index in [1.54, 1.807) is 62.6 Å². The zero-order valence-corrected chi connectivity index (χ0v) is 18.9.